The zero-order valence-corrected chi connectivity index (χ0v) is 12.3. The summed E-state index contributed by atoms with van der Waals surface area (Å²) in [4.78, 5) is 12.3. The summed E-state index contributed by atoms with van der Waals surface area (Å²) >= 11 is 6.11. The Kier molecular flexibility index (Phi) is 3.68. The van der Waals surface area contributed by atoms with Gasteiger partial charge in [0.05, 0.1) is 10.7 Å². The summed E-state index contributed by atoms with van der Waals surface area (Å²) in [5, 5.41) is 3.45. The molecule has 0 aliphatic heterocycles. The first kappa shape index (κ1) is 14.1. The molecule has 0 spiro atoms. The van der Waals surface area contributed by atoms with E-state index in [4.69, 9.17) is 11.6 Å². The molecule has 4 heteroatoms. The molecule has 0 saturated heterocycles. The maximum atomic E-state index is 12.9. The largest absolute Gasteiger partial charge is 0.324 e. The van der Waals surface area contributed by atoms with E-state index in [1.807, 2.05) is 19.1 Å². The highest BCUT2D eigenvalue weighted by molar-refractivity contribution is 6.34. The van der Waals surface area contributed by atoms with Crippen LogP contribution in [0.3, 0.4) is 0 Å². The van der Waals surface area contributed by atoms with E-state index in [1.165, 1.54) is 12.1 Å². The van der Waals surface area contributed by atoms with Crippen molar-refractivity contribution >= 4 is 23.2 Å². The van der Waals surface area contributed by atoms with Crippen LogP contribution in [0.5, 0.6) is 0 Å². The van der Waals surface area contributed by atoms with Crippen LogP contribution < -0.4 is 5.32 Å². The van der Waals surface area contributed by atoms with Crippen LogP contribution in [0.2, 0.25) is 5.02 Å². The lowest BCUT2D eigenvalue weighted by Crippen LogP contribution is -2.15. The first-order valence-electron chi connectivity index (χ1n) is 6.87. The molecule has 108 valence electrons. The molecule has 2 aromatic rings. The fourth-order valence-corrected chi connectivity index (χ4v) is 2.84. The minimum atomic E-state index is -0.257. The zero-order valence-electron chi connectivity index (χ0n) is 11.6. The molecule has 0 aromatic heterocycles. The molecule has 2 nitrogen and oxygen atoms in total. The predicted octanol–water partition coefficient (Wildman–Crippen LogP) is 4.53. The van der Waals surface area contributed by atoms with Crippen molar-refractivity contribution in [1.82, 2.24) is 0 Å². The number of nitrogens with one attached hydrogen (secondary N) is 1. The third-order valence-electron chi connectivity index (χ3n) is 3.90. The van der Waals surface area contributed by atoms with Gasteiger partial charge in [-0.05, 0) is 48.6 Å². The van der Waals surface area contributed by atoms with E-state index in [0.717, 1.165) is 17.5 Å². The van der Waals surface area contributed by atoms with Gasteiger partial charge in [0.25, 0.3) is 0 Å². The Morgan fingerprint density at radius 1 is 1.24 bits per heavy atom. The lowest BCUT2D eigenvalue weighted by molar-refractivity contribution is -0.117. The van der Waals surface area contributed by atoms with Gasteiger partial charge in [-0.25, -0.2) is 4.39 Å². The molecule has 1 saturated carbocycles. The van der Waals surface area contributed by atoms with Crippen molar-refractivity contribution in [2.45, 2.75) is 19.3 Å². The first-order chi connectivity index (χ1) is 10.1. The van der Waals surface area contributed by atoms with Crippen molar-refractivity contribution in [1.29, 1.82) is 0 Å². The summed E-state index contributed by atoms with van der Waals surface area (Å²) in [6, 6.07) is 11.9. The summed E-state index contributed by atoms with van der Waals surface area (Å²) in [5.74, 6) is -0.174. The van der Waals surface area contributed by atoms with Gasteiger partial charge in [-0.2, -0.15) is 0 Å². The van der Waals surface area contributed by atoms with Gasteiger partial charge in [-0.1, -0.05) is 35.9 Å². The summed E-state index contributed by atoms with van der Waals surface area (Å²) < 4.78 is 12.9. The van der Waals surface area contributed by atoms with Crippen molar-refractivity contribution in [3.8, 4) is 0 Å². The standard InChI is InChI=1S/C17H15ClFNO/c1-10-3-2-4-15(18)16(10)20-17(21)14-9-13(14)11-5-7-12(19)8-6-11/h2-8,13-14H,9H2,1H3,(H,20,21)/t13-,14+/m1/s1. The summed E-state index contributed by atoms with van der Waals surface area (Å²) in [5.41, 5.74) is 2.62. The molecular weight excluding hydrogens is 289 g/mol. The molecule has 1 amide bonds. The Morgan fingerprint density at radius 2 is 1.95 bits per heavy atom. The van der Waals surface area contributed by atoms with E-state index in [9.17, 15) is 9.18 Å². The molecule has 1 aliphatic carbocycles. The normalized spacial score (nSPS) is 20.1. The SMILES string of the molecule is Cc1cccc(Cl)c1NC(=O)[C@H]1C[C@@H]1c1ccc(F)cc1. The highest BCUT2D eigenvalue weighted by Crippen LogP contribution is 2.48. The van der Waals surface area contributed by atoms with Gasteiger partial charge < -0.3 is 5.32 Å². The third kappa shape index (κ3) is 2.93. The number of carbonyl (C=O) groups is 1. The van der Waals surface area contributed by atoms with E-state index in [0.29, 0.717) is 10.7 Å². The highest BCUT2D eigenvalue weighted by Gasteiger charge is 2.44. The maximum absolute atomic E-state index is 12.9. The van der Waals surface area contributed by atoms with Crippen LogP contribution in [0.15, 0.2) is 42.5 Å². The van der Waals surface area contributed by atoms with Crippen molar-refractivity contribution in [2.24, 2.45) is 5.92 Å². The van der Waals surface area contributed by atoms with Crippen LogP contribution in [-0.2, 0) is 4.79 Å². The van der Waals surface area contributed by atoms with Crippen molar-refractivity contribution < 1.29 is 9.18 Å². The monoisotopic (exact) mass is 303 g/mol. The summed E-state index contributed by atoms with van der Waals surface area (Å²) in [6.07, 6.45) is 0.793. The number of anilines is 1. The molecule has 21 heavy (non-hydrogen) atoms. The highest BCUT2D eigenvalue weighted by atomic mass is 35.5. The van der Waals surface area contributed by atoms with E-state index in [-0.39, 0.29) is 23.6 Å². The Balaban J connectivity index is 1.69. The number of benzene rings is 2. The molecule has 2 atom stereocenters. The van der Waals surface area contributed by atoms with Gasteiger partial charge in [0.2, 0.25) is 5.91 Å². The molecule has 1 aliphatic rings. The minimum absolute atomic E-state index is 0.0273. The van der Waals surface area contributed by atoms with Gasteiger partial charge in [-0.3, -0.25) is 4.79 Å². The van der Waals surface area contributed by atoms with Gasteiger partial charge >= 0.3 is 0 Å². The molecule has 2 aromatic carbocycles. The van der Waals surface area contributed by atoms with E-state index >= 15 is 0 Å². The lowest BCUT2D eigenvalue weighted by atomic mass is 10.1. The Labute approximate surface area is 127 Å². The predicted molar refractivity (Wildman–Crippen MR) is 82.1 cm³/mol. The quantitative estimate of drug-likeness (QED) is 0.887. The number of carbonyl (C=O) groups excluding carboxylic acids is 1. The topological polar surface area (TPSA) is 29.1 Å². The smallest absolute Gasteiger partial charge is 0.228 e. The molecule has 0 heterocycles. The van der Waals surface area contributed by atoms with Crippen LogP contribution >= 0.6 is 11.6 Å². The van der Waals surface area contributed by atoms with Gasteiger partial charge in [-0.15, -0.1) is 0 Å². The number of aryl methyl sites for hydroxylation is 1. The van der Waals surface area contributed by atoms with Crippen LogP contribution in [0.4, 0.5) is 10.1 Å². The number of rotatable bonds is 3. The average molecular weight is 304 g/mol. The first-order valence-corrected chi connectivity index (χ1v) is 7.25. The van der Waals surface area contributed by atoms with E-state index in [2.05, 4.69) is 5.32 Å². The maximum Gasteiger partial charge on any atom is 0.228 e. The number of amides is 1. The minimum Gasteiger partial charge on any atom is -0.324 e. The number of hydrogen-bond donors (Lipinski definition) is 1. The Bertz CT molecular complexity index is 663. The number of hydrogen-bond acceptors (Lipinski definition) is 1. The van der Waals surface area contributed by atoms with Crippen LogP contribution in [0.25, 0.3) is 0 Å². The van der Waals surface area contributed by atoms with Crippen molar-refractivity contribution in [3.05, 3.63) is 64.4 Å². The summed E-state index contributed by atoms with van der Waals surface area (Å²) in [7, 11) is 0. The Hall–Kier alpha value is -1.87. The zero-order chi connectivity index (χ0) is 15.0. The van der Waals surface area contributed by atoms with Gasteiger partial charge in [0.1, 0.15) is 5.82 Å². The number of halogens is 2. The van der Waals surface area contributed by atoms with E-state index in [1.54, 1.807) is 18.2 Å². The summed E-state index contributed by atoms with van der Waals surface area (Å²) in [6.45, 7) is 1.91. The second kappa shape index (κ2) is 5.49. The third-order valence-corrected chi connectivity index (χ3v) is 4.21. The fraction of sp³-hybridized carbons (Fsp3) is 0.235. The Morgan fingerprint density at radius 3 is 2.62 bits per heavy atom. The molecule has 0 bridgehead atoms. The fourth-order valence-electron chi connectivity index (χ4n) is 2.57. The number of para-hydroxylation sites is 1. The van der Waals surface area contributed by atoms with Gasteiger partial charge in [0, 0.05) is 5.92 Å². The average Bonchev–Trinajstić information content (AvgIpc) is 3.24. The van der Waals surface area contributed by atoms with E-state index < -0.39 is 0 Å². The molecule has 1 fully saturated rings. The molecule has 3 rings (SSSR count). The van der Waals surface area contributed by atoms with Gasteiger partial charge in [0.15, 0.2) is 0 Å². The van der Waals surface area contributed by atoms with Crippen molar-refractivity contribution in [2.75, 3.05) is 5.32 Å². The second-order valence-electron chi connectivity index (χ2n) is 5.42. The van der Waals surface area contributed by atoms with Crippen molar-refractivity contribution in [3.63, 3.8) is 0 Å². The molecular formula is C17H15ClFNO. The second-order valence-corrected chi connectivity index (χ2v) is 5.83. The molecule has 0 radical (unpaired) electrons. The molecule has 1 N–H and O–H groups in total. The lowest BCUT2D eigenvalue weighted by Gasteiger charge is -2.10. The van der Waals surface area contributed by atoms with Crippen LogP contribution in [-0.4, -0.2) is 5.91 Å². The molecule has 0 unspecified atom stereocenters. The van der Waals surface area contributed by atoms with Crippen LogP contribution in [0.1, 0.15) is 23.5 Å². The van der Waals surface area contributed by atoms with Crippen LogP contribution in [0, 0.1) is 18.7 Å².